The van der Waals surface area contributed by atoms with Gasteiger partial charge in [-0.15, -0.1) is 0 Å². The number of aryl methyl sites for hydroxylation is 1. The second-order valence-corrected chi connectivity index (χ2v) is 10.8. The van der Waals surface area contributed by atoms with E-state index in [1.54, 1.807) is 42.3 Å². The maximum Gasteiger partial charge on any atom is 0.295 e. The first kappa shape index (κ1) is 30.4. The van der Waals surface area contributed by atoms with Gasteiger partial charge in [-0.25, -0.2) is 0 Å². The average molecular weight is 567 g/mol. The number of Topliss-reactive ketones (excluding diaryl/α,β-unsaturated/α-hetero) is 1. The van der Waals surface area contributed by atoms with Gasteiger partial charge in [0.15, 0.2) is 11.5 Å². The molecule has 0 spiro atoms. The summed E-state index contributed by atoms with van der Waals surface area (Å²) in [5.74, 6) is 0.598. The lowest BCUT2D eigenvalue weighted by Crippen LogP contribution is -2.39. The number of carbonyl (C=O) groups excluding carboxylic acids is 2. The van der Waals surface area contributed by atoms with Crippen LogP contribution in [-0.4, -0.2) is 86.3 Å². The van der Waals surface area contributed by atoms with Crippen LogP contribution in [0.1, 0.15) is 49.9 Å². The maximum atomic E-state index is 13.5. The van der Waals surface area contributed by atoms with Crippen LogP contribution in [0.3, 0.4) is 0 Å². The Morgan fingerprint density at radius 1 is 1.02 bits per heavy atom. The van der Waals surface area contributed by atoms with Crippen molar-refractivity contribution < 1.29 is 33.6 Å². The third-order valence-electron chi connectivity index (χ3n) is 7.34. The first-order valence-electron chi connectivity index (χ1n) is 14.4. The van der Waals surface area contributed by atoms with Crippen LogP contribution in [-0.2, 0) is 14.3 Å². The SMILES string of the molecule is CCOc1ccc([C@H]2C(=C(O)c3ccc(OCC(C)C)c(C)c3)C(=O)C(=O)N2CCCN2CCOCC2)cc1OC. The van der Waals surface area contributed by atoms with E-state index >= 15 is 0 Å². The maximum absolute atomic E-state index is 13.5. The van der Waals surface area contributed by atoms with Crippen LogP contribution in [0.4, 0.5) is 0 Å². The number of morpholine rings is 1. The Morgan fingerprint density at radius 2 is 1.76 bits per heavy atom. The molecule has 0 bridgehead atoms. The van der Waals surface area contributed by atoms with E-state index < -0.39 is 17.7 Å². The highest BCUT2D eigenvalue weighted by Gasteiger charge is 2.46. The molecule has 222 valence electrons. The molecule has 2 aliphatic rings. The summed E-state index contributed by atoms with van der Waals surface area (Å²) in [4.78, 5) is 30.8. The molecular formula is C32H42N2O7. The van der Waals surface area contributed by atoms with Crippen LogP contribution in [0.25, 0.3) is 5.76 Å². The Morgan fingerprint density at radius 3 is 2.41 bits per heavy atom. The standard InChI is InChI=1S/C32H42N2O7/c1-6-40-26-11-8-23(19-27(26)38-5)29-28(30(35)24-9-10-25(22(4)18-24)41-20-21(2)3)31(36)32(37)34(29)13-7-12-33-14-16-39-17-15-33/h8-11,18-19,21,29,35H,6-7,12-17,20H2,1-5H3/t29-/m0/s1. The van der Waals surface area contributed by atoms with E-state index in [0.717, 1.165) is 25.2 Å². The highest BCUT2D eigenvalue weighted by molar-refractivity contribution is 6.46. The van der Waals surface area contributed by atoms with Crippen molar-refractivity contribution in [3.05, 3.63) is 58.7 Å². The molecule has 0 unspecified atom stereocenters. The second-order valence-electron chi connectivity index (χ2n) is 10.8. The van der Waals surface area contributed by atoms with Gasteiger partial charge >= 0.3 is 0 Å². The van der Waals surface area contributed by atoms with Crippen LogP contribution in [0.2, 0.25) is 0 Å². The molecule has 9 nitrogen and oxygen atoms in total. The number of rotatable bonds is 12. The monoisotopic (exact) mass is 566 g/mol. The van der Waals surface area contributed by atoms with E-state index in [9.17, 15) is 14.7 Å². The van der Waals surface area contributed by atoms with Crippen molar-refractivity contribution in [1.29, 1.82) is 0 Å². The van der Waals surface area contributed by atoms with E-state index in [0.29, 0.717) is 73.7 Å². The first-order chi connectivity index (χ1) is 19.7. The molecule has 1 atom stereocenters. The molecule has 0 aromatic heterocycles. The number of aliphatic hydroxyl groups is 1. The minimum atomic E-state index is -0.776. The third kappa shape index (κ3) is 7.02. The summed E-state index contributed by atoms with van der Waals surface area (Å²) in [6.07, 6.45) is 0.679. The van der Waals surface area contributed by atoms with Crippen LogP contribution >= 0.6 is 0 Å². The van der Waals surface area contributed by atoms with E-state index in [1.807, 2.05) is 19.9 Å². The first-order valence-corrected chi connectivity index (χ1v) is 14.4. The van der Waals surface area contributed by atoms with Crippen LogP contribution in [0, 0.1) is 12.8 Å². The number of methoxy groups -OCH3 is 1. The topological polar surface area (TPSA) is 97.8 Å². The predicted octanol–water partition coefficient (Wildman–Crippen LogP) is 4.58. The van der Waals surface area contributed by atoms with Crippen molar-refractivity contribution in [2.24, 2.45) is 5.92 Å². The molecule has 2 aromatic rings. The smallest absolute Gasteiger partial charge is 0.295 e. The number of nitrogens with zero attached hydrogens (tertiary/aromatic N) is 2. The Bertz CT molecular complexity index is 1270. The summed E-state index contributed by atoms with van der Waals surface area (Å²) in [6.45, 7) is 13.2. The lowest BCUT2D eigenvalue weighted by molar-refractivity contribution is -0.140. The molecule has 0 aliphatic carbocycles. The number of carbonyl (C=O) groups is 2. The van der Waals surface area contributed by atoms with Gasteiger partial charge in [-0.05, 0) is 67.6 Å². The molecule has 2 aliphatic heterocycles. The number of benzene rings is 2. The predicted molar refractivity (Wildman–Crippen MR) is 157 cm³/mol. The van der Waals surface area contributed by atoms with Crippen molar-refractivity contribution in [3.8, 4) is 17.2 Å². The van der Waals surface area contributed by atoms with E-state index in [2.05, 4.69) is 18.7 Å². The molecule has 1 amide bonds. The number of amides is 1. The molecule has 4 rings (SSSR count). The van der Waals surface area contributed by atoms with Crippen LogP contribution < -0.4 is 14.2 Å². The van der Waals surface area contributed by atoms with Crippen molar-refractivity contribution in [3.63, 3.8) is 0 Å². The summed E-state index contributed by atoms with van der Waals surface area (Å²) in [5.41, 5.74) is 2.00. The minimum absolute atomic E-state index is 0.0582. The fraction of sp³-hybridized carbons (Fsp3) is 0.500. The molecule has 2 saturated heterocycles. The Kier molecular flexibility index (Phi) is 10.3. The number of likely N-dealkylation sites (tertiary alicyclic amines) is 1. The van der Waals surface area contributed by atoms with Gasteiger partial charge in [0, 0.05) is 31.7 Å². The number of hydrogen-bond acceptors (Lipinski definition) is 8. The van der Waals surface area contributed by atoms with Crippen molar-refractivity contribution >= 4 is 17.4 Å². The van der Waals surface area contributed by atoms with Gasteiger partial charge in [0.1, 0.15) is 11.5 Å². The second kappa shape index (κ2) is 13.9. The third-order valence-corrected chi connectivity index (χ3v) is 7.34. The lowest BCUT2D eigenvalue weighted by atomic mass is 9.94. The van der Waals surface area contributed by atoms with Crippen LogP contribution in [0.5, 0.6) is 17.2 Å². The molecule has 41 heavy (non-hydrogen) atoms. The molecule has 0 saturated carbocycles. The normalized spacial score (nSPS) is 19.2. The summed E-state index contributed by atoms with van der Waals surface area (Å²) < 4.78 is 22.6. The van der Waals surface area contributed by atoms with Crippen molar-refractivity contribution in [2.45, 2.75) is 40.2 Å². The Hall–Kier alpha value is -3.56. The number of ketones is 1. The zero-order valence-corrected chi connectivity index (χ0v) is 24.8. The molecule has 9 heteroatoms. The molecular weight excluding hydrogens is 524 g/mol. The molecule has 1 N–H and O–H groups in total. The molecule has 0 radical (unpaired) electrons. The summed E-state index contributed by atoms with van der Waals surface area (Å²) in [6, 6.07) is 9.89. The summed E-state index contributed by atoms with van der Waals surface area (Å²) in [5, 5.41) is 11.5. The van der Waals surface area contributed by atoms with Gasteiger partial charge in [0.05, 0.1) is 45.2 Å². The molecule has 2 fully saturated rings. The van der Waals surface area contributed by atoms with Gasteiger partial charge in [-0.1, -0.05) is 19.9 Å². The number of ether oxygens (including phenoxy) is 4. The zero-order valence-electron chi connectivity index (χ0n) is 24.8. The number of hydrogen-bond donors (Lipinski definition) is 1. The largest absolute Gasteiger partial charge is 0.507 e. The van der Waals surface area contributed by atoms with Gasteiger partial charge in [0.25, 0.3) is 11.7 Å². The van der Waals surface area contributed by atoms with Gasteiger partial charge in [-0.3, -0.25) is 14.5 Å². The molecule has 2 heterocycles. The minimum Gasteiger partial charge on any atom is -0.507 e. The Labute approximate surface area is 242 Å². The van der Waals surface area contributed by atoms with Crippen molar-refractivity contribution in [1.82, 2.24) is 9.80 Å². The van der Waals surface area contributed by atoms with Crippen molar-refractivity contribution in [2.75, 3.05) is 59.7 Å². The van der Waals surface area contributed by atoms with Gasteiger partial charge in [-0.2, -0.15) is 0 Å². The highest BCUT2D eigenvalue weighted by Crippen LogP contribution is 2.42. The summed E-state index contributed by atoms with van der Waals surface area (Å²) >= 11 is 0. The highest BCUT2D eigenvalue weighted by atomic mass is 16.5. The fourth-order valence-electron chi connectivity index (χ4n) is 5.25. The summed E-state index contributed by atoms with van der Waals surface area (Å²) in [7, 11) is 1.55. The quantitative estimate of drug-likeness (QED) is 0.227. The van der Waals surface area contributed by atoms with E-state index in [1.165, 1.54) is 0 Å². The number of aliphatic hydroxyl groups excluding tert-OH is 1. The van der Waals surface area contributed by atoms with Gasteiger partial charge in [0.2, 0.25) is 0 Å². The van der Waals surface area contributed by atoms with Crippen LogP contribution in [0.15, 0.2) is 42.0 Å². The van der Waals surface area contributed by atoms with Gasteiger partial charge < -0.3 is 29.0 Å². The van der Waals surface area contributed by atoms with E-state index in [-0.39, 0.29) is 11.3 Å². The fourth-order valence-corrected chi connectivity index (χ4v) is 5.25. The lowest BCUT2D eigenvalue weighted by Gasteiger charge is -2.29. The van der Waals surface area contributed by atoms with E-state index in [4.69, 9.17) is 18.9 Å². The molecule has 2 aromatic carbocycles. The average Bonchev–Trinajstić information content (AvgIpc) is 3.22. The Balaban J connectivity index is 1.71. The zero-order chi connectivity index (χ0) is 29.5.